The zero-order valence-corrected chi connectivity index (χ0v) is 9.97. The first-order chi connectivity index (χ1) is 7.75. The van der Waals surface area contributed by atoms with Crippen molar-refractivity contribution >= 4 is 0 Å². The van der Waals surface area contributed by atoms with Crippen LogP contribution in [0.2, 0.25) is 0 Å². The molecule has 1 aromatic rings. The fraction of sp³-hybridized carbons (Fsp3) is 0.667. The molecule has 1 aliphatic heterocycles. The molecule has 2 heterocycles. The number of likely N-dealkylation sites (tertiary alicyclic amines) is 1. The predicted octanol–water partition coefficient (Wildman–Crippen LogP) is 1.73. The summed E-state index contributed by atoms with van der Waals surface area (Å²) in [5, 5.41) is 0. The number of piperidine rings is 1. The summed E-state index contributed by atoms with van der Waals surface area (Å²) in [6.45, 7) is 6.71. The molecule has 4 nitrogen and oxygen atoms in total. The first-order valence-electron chi connectivity index (χ1n) is 5.92. The molecule has 0 amide bonds. The van der Waals surface area contributed by atoms with Gasteiger partial charge >= 0.3 is 0 Å². The van der Waals surface area contributed by atoms with Crippen molar-refractivity contribution in [3.63, 3.8) is 0 Å². The molecule has 0 N–H and O–H groups in total. The van der Waals surface area contributed by atoms with E-state index in [-0.39, 0.29) is 0 Å². The van der Waals surface area contributed by atoms with Crippen LogP contribution in [0, 0.1) is 0 Å². The van der Waals surface area contributed by atoms with Gasteiger partial charge in [-0.3, -0.25) is 4.98 Å². The second kappa shape index (κ2) is 5.25. The van der Waals surface area contributed by atoms with E-state index in [9.17, 15) is 0 Å². The largest absolute Gasteiger partial charge is 0.473 e. The summed E-state index contributed by atoms with van der Waals surface area (Å²) in [5.74, 6) is 0.644. The van der Waals surface area contributed by atoms with E-state index in [1.54, 1.807) is 18.6 Å². The van der Waals surface area contributed by atoms with E-state index >= 15 is 0 Å². The van der Waals surface area contributed by atoms with Gasteiger partial charge in [0.05, 0.1) is 6.20 Å². The molecule has 0 unspecified atom stereocenters. The van der Waals surface area contributed by atoms with Crippen LogP contribution in [0.5, 0.6) is 5.88 Å². The molecule has 1 fully saturated rings. The number of nitrogens with zero attached hydrogens (tertiary/aromatic N) is 3. The fourth-order valence-corrected chi connectivity index (χ4v) is 2.03. The van der Waals surface area contributed by atoms with Gasteiger partial charge in [-0.2, -0.15) is 0 Å². The first-order valence-corrected chi connectivity index (χ1v) is 5.92. The van der Waals surface area contributed by atoms with Gasteiger partial charge in [-0.15, -0.1) is 0 Å². The summed E-state index contributed by atoms with van der Waals surface area (Å²) in [5.41, 5.74) is 0. The Hall–Kier alpha value is -1.16. The third-order valence-electron chi connectivity index (χ3n) is 3.03. The van der Waals surface area contributed by atoms with E-state index in [1.165, 1.54) is 0 Å². The van der Waals surface area contributed by atoms with Crippen molar-refractivity contribution in [2.45, 2.75) is 38.8 Å². The highest BCUT2D eigenvalue weighted by molar-refractivity contribution is 5.02. The quantitative estimate of drug-likeness (QED) is 0.779. The maximum atomic E-state index is 5.78. The van der Waals surface area contributed by atoms with Gasteiger partial charge in [0.15, 0.2) is 0 Å². The van der Waals surface area contributed by atoms with Crippen LogP contribution in [-0.4, -0.2) is 40.1 Å². The van der Waals surface area contributed by atoms with Crippen molar-refractivity contribution in [2.75, 3.05) is 13.1 Å². The van der Waals surface area contributed by atoms with Crippen molar-refractivity contribution in [3.05, 3.63) is 18.6 Å². The normalized spacial score (nSPS) is 18.9. The van der Waals surface area contributed by atoms with Gasteiger partial charge in [0, 0.05) is 31.5 Å². The summed E-state index contributed by atoms with van der Waals surface area (Å²) in [6, 6.07) is 0.637. The number of ether oxygens (including phenoxy) is 1. The third-order valence-corrected chi connectivity index (χ3v) is 3.03. The minimum Gasteiger partial charge on any atom is -0.473 e. The highest BCUT2D eigenvalue weighted by Gasteiger charge is 2.22. The molecule has 1 aromatic heterocycles. The zero-order valence-electron chi connectivity index (χ0n) is 9.97. The Morgan fingerprint density at radius 1 is 1.31 bits per heavy atom. The lowest BCUT2D eigenvalue weighted by Crippen LogP contribution is -2.41. The predicted molar refractivity (Wildman–Crippen MR) is 62.4 cm³/mol. The minimum atomic E-state index is 0.298. The van der Waals surface area contributed by atoms with Crippen molar-refractivity contribution < 1.29 is 4.74 Å². The second-order valence-corrected chi connectivity index (χ2v) is 4.49. The average Bonchev–Trinajstić information content (AvgIpc) is 2.31. The lowest BCUT2D eigenvalue weighted by molar-refractivity contribution is 0.0810. The van der Waals surface area contributed by atoms with Crippen molar-refractivity contribution in [2.24, 2.45) is 0 Å². The second-order valence-electron chi connectivity index (χ2n) is 4.49. The molecule has 0 aliphatic carbocycles. The molecule has 0 atom stereocenters. The molecule has 1 saturated heterocycles. The summed E-state index contributed by atoms with van der Waals surface area (Å²) in [4.78, 5) is 10.6. The van der Waals surface area contributed by atoms with Crippen LogP contribution < -0.4 is 4.74 Å². The Bertz CT molecular complexity index is 307. The first kappa shape index (κ1) is 11.3. The van der Waals surface area contributed by atoms with Gasteiger partial charge in [0.2, 0.25) is 5.88 Å². The van der Waals surface area contributed by atoms with Crippen LogP contribution in [0.15, 0.2) is 18.6 Å². The number of hydrogen-bond donors (Lipinski definition) is 0. The van der Waals surface area contributed by atoms with E-state index in [0.29, 0.717) is 18.0 Å². The van der Waals surface area contributed by atoms with Gasteiger partial charge in [0.25, 0.3) is 0 Å². The van der Waals surface area contributed by atoms with Crippen molar-refractivity contribution in [3.8, 4) is 5.88 Å². The average molecular weight is 221 g/mol. The molecule has 0 saturated carbocycles. The molecular formula is C12H19N3O. The molecule has 2 rings (SSSR count). The molecule has 0 spiro atoms. The number of aromatic nitrogens is 2. The van der Waals surface area contributed by atoms with Crippen LogP contribution in [0.25, 0.3) is 0 Å². The molecule has 1 aliphatic rings. The smallest absolute Gasteiger partial charge is 0.232 e. The Balaban J connectivity index is 1.82. The Morgan fingerprint density at radius 2 is 2.06 bits per heavy atom. The molecule has 88 valence electrons. The Morgan fingerprint density at radius 3 is 2.62 bits per heavy atom. The maximum absolute atomic E-state index is 5.78. The molecule has 0 bridgehead atoms. The van der Waals surface area contributed by atoms with E-state index in [4.69, 9.17) is 4.74 Å². The lowest BCUT2D eigenvalue weighted by Gasteiger charge is -2.34. The van der Waals surface area contributed by atoms with Gasteiger partial charge < -0.3 is 9.64 Å². The highest BCUT2D eigenvalue weighted by Crippen LogP contribution is 2.17. The van der Waals surface area contributed by atoms with E-state index < -0.39 is 0 Å². The van der Waals surface area contributed by atoms with Crippen molar-refractivity contribution in [1.29, 1.82) is 0 Å². The van der Waals surface area contributed by atoms with Crippen LogP contribution in [0.3, 0.4) is 0 Å². The Labute approximate surface area is 96.7 Å². The summed E-state index contributed by atoms with van der Waals surface area (Å²) in [6.07, 6.45) is 7.46. The van der Waals surface area contributed by atoms with Crippen LogP contribution in [0.1, 0.15) is 26.7 Å². The standard InChI is InChI=1S/C12H19N3O/c1-10(2)15-7-3-11(4-8-15)16-12-9-13-5-6-14-12/h5-6,9-11H,3-4,7-8H2,1-2H3. The zero-order chi connectivity index (χ0) is 11.4. The highest BCUT2D eigenvalue weighted by atomic mass is 16.5. The molecule has 0 radical (unpaired) electrons. The molecular weight excluding hydrogens is 202 g/mol. The Kier molecular flexibility index (Phi) is 3.72. The molecule has 4 heteroatoms. The summed E-state index contributed by atoms with van der Waals surface area (Å²) in [7, 11) is 0. The number of hydrogen-bond acceptors (Lipinski definition) is 4. The monoisotopic (exact) mass is 221 g/mol. The third kappa shape index (κ3) is 2.92. The fourth-order valence-electron chi connectivity index (χ4n) is 2.03. The lowest BCUT2D eigenvalue weighted by atomic mass is 10.1. The van der Waals surface area contributed by atoms with Crippen LogP contribution in [0.4, 0.5) is 0 Å². The van der Waals surface area contributed by atoms with Crippen molar-refractivity contribution in [1.82, 2.24) is 14.9 Å². The molecule has 16 heavy (non-hydrogen) atoms. The summed E-state index contributed by atoms with van der Waals surface area (Å²) >= 11 is 0. The minimum absolute atomic E-state index is 0.298. The van der Waals surface area contributed by atoms with E-state index in [1.807, 2.05) is 0 Å². The maximum Gasteiger partial charge on any atom is 0.232 e. The van der Waals surface area contributed by atoms with Crippen LogP contribution in [-0.2, 0) is 0 Å². The van der Waals surface area contributed by atoms with E-state index in [2.05, 4.69) is 28.7 Å². The number of rotatable bonds is 3. The summed E-state index contributed by atoms with van der Waals surface area (Å²) < 4.78 is 5.78. The topological polar surface area (TPSA) is 38.2 Å². The van der Waals surface area contributed by atoms with Gasteiger partial charge in [-0.05, 0) is 26.7 Å². The van der Waals surface area contributed by atoms with Crippen LogP contribution >= 0.6 is 0 Å². The van der Waals surface area contributed by atoms with Gasteiger partial charge in [-0.1, -0.05) is 0 Å². The van der Waals surface area contributed by atoms with Gasteiger partial charge in [0.1, 0.15) is 6.10 Å². The molecule has 0 aromatic carbocycles. The van der Waals surface area contributed by atoms with Gasteiger partial charge in [-0.25, -0.2) is 4.98 Å². The SMILES string of the molecule is CC(C)N1CCC(Oc2cnccn2)CC1. The van der Waals surface area contributed by atoms with E-state index in [0.717, 1.165) is 25.9 Å².